The molecular weight excluding hydrogens is 138 g/mol. The van der Waals surface area contributed by atoms with Crippen molar-refractivity contribution in [2.45, 2.75) is 44.6 Å². The summed E-state index contributed by atoms with van der Waals surface area (Å²) in [6, 6.07) is 2.15. The smallest absolute Gasteiger partial charge is 0.0621 e. The molecule has 0 aliphatic heterocycles. The molecule has 0 aromatic carbocycles. The van der Waals surface area contributed by atoms with E-state index in [4.69, 9.17) is 5.26 Å². The van der Waals surface area contributed by atoms with Crippen LogP contribution >= 0.6 is 0 Å². The lowest BCUT2D eigenvalue weighted by Crippen LogP contribution is -2.19. The molecule has 2 atom stereocenters. The highest BCUT2D eigenvalue weighted by Crippen LogP contribution is 2.27. The van der Waals surface area contributed by atoms with Gasteiger partial charge in [-0.05, 0) is 25.2 Å². The zero-order valence-electron chi connectivity index (χ0n) is 6.79. The summed E-state index contributed by atoms with van der Waals surface area (Å²) in [6.07, 6.45) is 5.76. The van der Waals surface area contributed by atoms with Crippen molar-refractivity contribution in [3.05, 3.63) is 0 Å². The number of hydrogen-bond donors (Lipinski definition) is 1. The topological polar surface area (TPSA) is 44.0 Å². The summed E-state index contributed by atoms with van der Waals surface area (Å²) in [7, 11) is 0. The molecule has 1 rings (SSSR count). The Labute approximate surface area is 67.8 Å². The summed E-state index contributed by atoms with van der Waals surface area (Å²) in [5.74, 6) is 0.610. The van der Waals surface area contributed by atoms with Crippen molar-refractivity contribution >= 4 is 0 Å². The second-order valence-corrected chi connectivity index (χ2v) is 3.38. The molecule has 1 aliphatic carbocycles. The summed E-state index contributed by atoms with van der Waals surface area (Å²) in [4.78, 5) is 0. The van der Waals surface area contributed by atoms with Crippen LogP contribution in [-0.2, 0) is 0 Å². The van der Waals surface area contributed by atoms with Gasteiger partial charge in [0.05, 0.1) is 12.2 Å². The predicted molar refractivity (Wildman–Crippen MR) is 42.8 cm³/mol. The number of aliphatic hydroxyl groups excluding tert-OH is 1. The van der Waals surface area contributed by atoms with Gasteiger partial charge in [0.25, 0.3) is 0 Å². The molecule has 2 heteroatoms. The van der Waals surface area contributed by atoms with Gasteiger partial charge in [0, 0.05) is 6.42 Å². The zero-order valence-corrected chi connectivity index (χ0v) is 6.79. The molecule has 62 valence electrons. The molecule has 0 aromatic rings. The fraction of sp³-hybridized carbons (Fsp3) is 0.889. The molecule has 2 unspecified atom stereocenters. The average molecular weight is 153 g/mol. The summed E-state index contributed by atoms with van der Waals surface area (Å²) >= 11 is 0. The number of aliphatic hydroxyl groups is 1. The van der Waals surface area contributed by atoms with Gasteiger partial charge in [-0.25, -0.2) is 0 Å². The summed E-state index contributed by atoms with van der Waals surface area (Å²) in [5, 5.41) is 17.6. The van der Waals surface area contributed by atoms with Gasteiger partial charge in [-0.3, -0.25) is 0 Å². The molecule has 1 N–H and O–H groups in total. The molecule has 0 aromatic heterocycles. The van der Waals surface area contributed by atoms with E-state index < -0.39 is 0 Å². The van der Waals surface area contributed by atoms with E-state index in [1.54, 1.807) is 0 Å². The first-order chi connectivity index (χ1) is 5.33. The Hall–Kier alpha value is -0.550. The molecule has 0 heterocycles. The lowest BCUT2D eigenvalue weighted by Gasteiger charge is -2.24. The third kappa shape index (κ3) is 2.90. The highest BCUT2D eigenvalue weighted by atomic mass is 16.3. The highest BCUT2D eigenvalue weighted by Gasteiger charge is 2.19. The molecule has 0 radical (unpaired) electrons. The number of nitrogens with zero attached hydrogens (tertiary/aromatic N) is 1. The van der Waals surface area contributed by atoms with Crippen LogP contribution in [0.3, 0.4) is 0 Å². The van der Waals surface area contributed by atoms with E-state index in [0.29, 0.717) is 12.3 Å². The van der Waals surface area contributed by atoms with Crippen molar-refractivity contribution in [3.8, 4) is 6.07 Å². The van der Waals surface area contributed by atoms with E-state index in [2.05, 4.69) is 6.07 Å². The maximum atomic E-state index is 9.30. The van der Waals surface area contributed by atoms with Gasteiger partial charge in [0.15, 0.2) is 0 Å². The number of rotatable bonds is 2. The Balaban J connectivity index is 2.18. The monoisotopic (exact) mass is 153 g/mol. The van der Waals surface area contributed by atoms with E-state index in [1.165, 1.54) is 6.42 Å². The van der Waals surface area contributed by atoms with Crippen molar-refractivity contribution in [2.24, 2.45) is 5.92 Å². The van der Waals surface area contributed by atoms with Crippen molar-refractivity contribution < 1.29 is 5.11 Å². The molecule has 0 saturated heterocycles. The van der Waals surface area contributed by atoms with E-state index >= 15 is 0 Å². The van der Waals surface area contributed by atoms with E-state index in [1.807, 2.05) is 0 Å². The van der Waals surface area contributed by atoms with Crippen LogP contribution in [0.25, 0.3) is 0 Å². The quantitative estimate of drug-likeness (QED) is 0.657. The van der Waals surface area contributed by atoms with E-state index in [9.17, 15) is 5.11 Å². The molecule has 0 spiro atoms. The van der Waals surface area contributed by atoms with Crippen LogP contribution in [0.1, 0.15) is 38.5 Å². The summed E-state index contributed by atoms with van der Waals surface area (Å²) < 4.78 is 0. The minimum atomic E-state index is -0.0903. The molecular formula is C9H15NO. The standard InChI is InChI=1S/C9H15NO/c10-6-2-4-8-3-1-5-9(11)7-8/h8-9,11H,1-5,7H2. The minimum absolute atomic E-state index is 0.0903. The van der Waals surface area contributed by atoms with E-state index in [-0.39, 0.29) is 6.10 Å². The molecule has 1 saturated carbocycles. The molecule has 1 aliphatic rings. The van der Waals surface area contributed by atoms with Crippen molar-refractivity contribution in [3.63, 3.8) is 0 Å². The second kappa shape index (κ2) is 4.35. The first kappa shape index (κ1) is 8.55. The Morgan fingerprint density at radius 1 is 1.45 bits per heavy atom. The number of hydrogen-bond acceptors (Lipinski definition) is 2. The van der Waals surface area contributed by atoms with Crippen LogP contribution in [0.4, 0.5) is 0 Å². The fourth-order valence-electron chi connectivity index (χ4n) is 1.79. The van der Waals surface area contributed by atoms with Gasteiger partial charge >= 0.3 is 0 Å². The summed E-state index contributed by atoms with van der Waals surface area (Å²) in [6.45, 7) is 0. The predicted octanol–water partition coefficient (Wildman–Crippen LogP) is 1.84. The fourth-order valence-corrected chi connectivity index (χ4v) is 1.79. The SMILES string of the molecule is N#CCCC1CCCC(O)C1. The first-order valence-corrected chi connectivity index (χ1v) is 4.38. The van der Waals surface area contributed by atoms with Gasteiger partial charge < -0.3 is 5.11 Å². The maximum absolute atomic E-state index is 9.30. The second-order valence-electron chi connectivity index (χ2n) is 3.38. The van der Waals surface area contributed by atoms with Crippen LogP contribution in [-0.4, -0.2) is 11.2 Å². The van der Waals surface area contributed by atoms with Gasteiger partial charge in [0.2, 0.25) is 0 Å². The lowest BCUT2D eigenvalue weighted by molar-refractivity contribution is 0.0987. The summed E-state index contributed by atoms with van der Waals surface area (Å²) in [5.41, 5.74) is 0. The highest BCUT2D eigenvalue weighted by molar-refractivity contribution is 4.77. The first-order valence-electron chi connectivity index (χ1n) is 4.38. The molecule has 2 nitrogen and oxygen atoms in total. The van der Waals surface area contributed by atoms with Crippen molar-refractivity contribution in [1.82, 2.24) is 0 Å². The molecule has 1 fully saturated rings. The van der Waals surface area contributed by atoms with Gasteiger partial charge in [-0.1, -0.05) is 12.8 Å². The average Bonchev–Trinajstić information content (AvgIpc) is 2.01. The van der Waals surface area contributed by atoms with Gasteiger partial charge in [0.1, 0.15) is 0 Å². The Morgan fingerprint density at radius 3 is 2.91 bits per heavy atom. The Bertz CT molecular complexity index is 150. The third-order valence-electron chi connectivity index (χ3n) is 2.42. The normalized spacial score (nSPS) is 31.3. The van der Waals surface area contributed by atoms with Crippen LogP contribution < -0.4 is 0 Å². The van der Waals surface area contributed by atoms with Crippen LogP contribution in [0.15, 0.2) is 0 Å². The largest absolute Gasteiger partial charge is 0.393 e. The lowest BCUT2D eigenvalue weighted by atomic mass is 9.84. The third-order valence-corrected chi connectivity index (χ3v) is 2.42. The van der Waals surface area contributed by atoms with Crippen LogP contribution in [0.2, 0.25) is 0 Å². The van der Waals surface area contributed by atoms with E-state index in [0.717, 1.165) is 25.7 Å². The van der Waals surface area contributed by atoms with Gasteiger partial charge in [-0.2, -0.15) is 5.26 Å². The molecule has 0 amide bonds. The maximum Gasteiger partial charge on any atom is 0.0621 e. The minimum Gasteiger partial charge on any atom is -0.393 e. The van der Waals surface area contributed by atoms with Gasteiger partial charge in [-0.15, -0.1) is 0 Å². The number of nitriles is 1. The molecule has 0 bridgehead atoms. The van der Waals surface area contributed by atoms with Crippen LogP contribution in [0.5, 0.6) is 0 Å². The van der Waals surface area contributed by atoms with Crippen molar-refractivity contribution in [1.29, 1.82) is 5.26 Å². The molecule has 11 heavy (non-hydrogen) atoms. The Kier molecular flexibility index (Phi) is 3.38. The van der Waals surface area contributed by atoms with Crippen molar-refractivity contribution in [2.75, 3.05) is 0 Å². The van der Waals surface area contributed by atoms with Crippen LogP contribution in [0, 0.1) is 17.2 Å². The zero-order chi connectivity index (χ0) is 8.10. The Morgan fingerprint density at radius 2 is 2.27 bits per heavy atom.